The Hall–Kier alpha value is -1.63. The van der Waals surface area contributed by atoms with E-state index in [4.69, 9.17) is 5.73 Å². The second kappa shape index (κ2) is 7.18. The van der Waals surface area contributed by atoms with Gasteiger partial charge in [-0.2, -0.15) is 13.2 Å². The summed E-state index contributed by atoms with van der Waals surface area (Å²) in [6.45, 7) is 2.12. The third kappa shape index (κ3) is 3.46. The Morgan fingerprint density at radius 1 is 1.27 bits per heavy atom. The molecule has 2 aliphatic carbocycles. The molecule has 7 heteroatoms. The highest BCUT2D eigenvalue weighted by atomic mass is 19.4. The van der Waals surface area contributed by atoms with Gasteiger partial charge in [0.2, 0.25) is 5.91 Å². The van der Waals surface area contributed by atoms with Crippen LogP contribution in [0, 0.1) is 29.5 Å². The van der Waals surface area contributed by atoms with Crippen molar-refractivity contribution in [3.05, 3.63) is 29.6 Å². The van der Waals surface area contributed by atoms with Crippen molar-refractivity contribution >= 4 is 11.6 Å². The molecule has 0 saturated heterocycles. The summed E-state index contributed by atoms with van der Waals surface area (Å²) in [5, 5.41) is 2.53. The van der Waals surface area contributed by atoms with Gasteiger partial charge in [-0.05, 0) is 55.2 Å². The van der Waals surface area contributed by atoms with E-state index in [1.807, 2.05) is 0 Å². The average Bonchev–Trinajstić information content (AvgIpc) is 3.08. The van der Waals surface area contributed by atoms with E-state index in [0.29, 0.717) is 17.9 Å². The molecule has 1 unspecified atom stereocenters. The van der Waals surface area contributed by atoms with Crippen LogP contribution >= 0.6 is 0 Å². The molecule has 1 aromatic carbocycles. The molecule has 0 aromatic heterocycles. The van der Waals surface area contributed by atoms with E-state index in [-0.39, 0.29) is 23.6 Å². The molecule has 1 aromatic rings. The van der Waals surface area contributed by atoms with Crippen LogP contribution in [0.4, 0.5) is 23.2 Å². The fraction of sp³-hybridized carbons (Fsp3) is 0.632. The van der Waals surface area contributed by atoms with E-state index < -0.39 is 23.5 Å². The van der Waals surface area contributed by atoms with Crippen molar-refractivity contribution in [2.75, 3.05) is 5.32 Å². The van der Waals surface area contributed by atoms with Crippen LogP contribution in [0.5, 0.6) is 0 Å². The second-order valence-corrected chi connectivity index (χ2v) is 7.50. The highest BCUT2D eigenvalue weighted by Crippen LogP contribution is 2.54. The zero-order valence-electron chi connectivity index (χ0n) is 14.7. The molecule has 2 aliphatic rings. The molecule has 0 aliphatic heterocycles. The van der Waals surface area contributed by atoms with Crippen LogP contribution in [0.3, 0.4) is 0 Å². The highest BCUT2D eigenvalue weighted by molar-refractivity contribution is 5.93. The van der Waals surface area contributed by atoms with Crippen LogP contribution in [0.1, 0.15) is 44.6 Å². The van der Waals surface area contributed by atoms with E-state index in [1.54, 1.807) is 0 Å². The predicted octanol–water partition coefficient (Wildman–Crippen LogP) is 4.57. The van der Waals surface area contributed by atoms with Crippen LogP contribution < -0.4 is 11.1 Å². The number of amides is 1. The van der Waals surface area contributed by atoms with Crippen LogP contribution in [-0.2, 0) is 11.0 Å². The fourth-order valence-electron chi connectivity index (χ4n) is 4.89. The molecule has 0 radical (unpaired) electrons. The first-order valence-electron chi connectivity index (χ1n) is 9.17. The number of hydrogen-bond acceptors (Lipinski definition) is 2. The second-order valence-electron chi connectivity index (χ2n) is 7.50. The molecule has 3 nitrogen and oxygen atoms in total. The Balaban J connectivity index is 1.75. The molecule has 0 heterocycles. The number of nitrogens with one attached hydrogen (secondary N) is 1. The minimum absolute atomic E-state index is 0.0520. The maximum Gasteiger partial charge on any atom is 0.419 e. The van der Waals surface area contributed by atoms with Gasteiger partial charge in [-0.3, -0.25) is 4.79 Å². The van der Waals surface area contributed by atoms with Crippen molar-refractivity contribution in [2.24, 2.45) is 29.4 Å². The smallest absolute Gasteiger partial charge is 0.327 e. The van der Waals surface area contributed by atoms with Gasteiger partial charge < -0.3 is 11.1 Å². The summed E-state index contributed by atoms with van der Waals surface area (Å²) in [6, 6.07) is 2.25. The quantitative estimate of drug-likeness (QED) is 0.744. The zero-order valence-corrected chi connectivity index (χ0v) is 14.7. The number of hydrogen-bond donors (Lipinski definition) is 2. The lowest BCUT2D eigenvalue weighted by Gasteiger charge is -2.27. The summed E-state index contributed by atoms with van der Waals surface area (Å²) in [7, 11) is 0. The van der Waals surface area contributed by atoms with Gasteiger partial charge in [-0.1, -0.05) is 19.8 Å². The Kier molecular flexibility index (Phi) is 5.28. The van der Waals surface area contributed by atoms with E-state index in [1.165, 1.54) is 0 Å². The number of anilines is 1. The van der Waals surface area contributed by atoms with Gasteiger partial charge in [0.1, 0.15) is 5.82 Å². The molecule has 2 saturated carbocycles. The summed E-state index contributed by atoms with van der Waals surface area (Å²) in [5.74, 6) is -1.20. The van der Waals surface area contributed by atoms with Crippen LogP contribution in [0.15, 0.2) is 18.2 Å². The minimum Gasteiger partial charge on any atom is -0.327 e. The average molecular weight is 372 g/mol. The Bertz CT molecular complexity index is 676. The Morgan fingerprint density at radius 3 is 2.62 bits per heavy atom. The number of unbranched alkanes of at least 4 members (excludes halogenated alkanes) is 1. The van der Waals surface area contributed by atoms with Crippen molar-refractivity contribution < 1.29 is 22.4 Å². The first kappa shape index (κ1) is 19.1. The molecule has 0 spiro atoms. The number of fused-ring (bicyclic) bond motifs is 2. The number of alkyl halides is 3. The van der Waals surface area contributed by atoms with Crippen molar-refractivity contribution in [3.63, 3.8) is 0 Å². The van der Waals surface area contributed by atoms with Gasteiger partial charge >= 0.3 is 6.18 Å². The summed E-state index contributed by atoms with van der Waals surface area (Å²) >= 11 is 0. The topological polar surface area (TPSA) is 55.1 Å². The monoisotopic (exact) mass is 372 g/mol. The summed E-state index contributed by atoms with van der Waals surface area (Å²) in [5.41, 5.74) is 4.87. The van der Waals surface area contributed by atoms with E-state index in [2.05, 4.69) is 12.2 Å². The van der Waals surface area contributed by atoms with Crippen molar-refractivity contribution in [3.8, 4) is 0 Å². The van der Waals surface area contributed by atoms with Gasteiger partial charge in [0, 0.05) is 11.7 Å². The van der Waals surface area contributed by atoms with Crippen LogP contribution in [0.2, 0.25) is 0 Å². The molecular formula is C19H24F4N2O. The molecule has 2 fully saturated rings. The molecule has 2 bridgehead atoms. The third-order valence-corrected chi connectivity index (χ3v) is 6.04. The van der Waals surface area contributed by atoms with E-state index in [9.17, 15) is 22.4 Å². The Morgan fingerprint density at radius 2 is 1.96 bits per heavy atom. The number of benzene rings is 1. The van der Waals surface area contributed by atoms with Crippen molar-refractivity contribution in [1.29, 1.82) is 0 Å². The Labute approximate surface area is 150 Å². The van der Waals surface area contributed by atoms with Gasteiger partial charge in [0.05, 0.1) is 11.5 Å². The zero-order chi connectivity index (χ0) is 19.1. The summed E-state index contributed by atoms with van der Waals surface area (Å²) in [6.07, 6.45) is 0.348. The maximum absolute atomic E-state index is 13.4. The number of rotatable bonds is 5. The highest BCUT2D eigenvalue weighted by Gasteiger charge is 2.55. The lowest BCUT2D eigenvalue weighted by atomic mass is 9.84. The molecule has 144 valence electrons. The normalized spacial score (nSPS) is 30.6. The van der Waals surface area contributed by atoms with E-state index in [0.717, 1.165) is 44.2 Å². The number of nitrogens with two attached hydrogens (primary N) is 1. The third-order valence-electron chi connectivity index (χ3n) is 6.04. The molecule has 1 amide bonds. The predicted molar refractivity (Wildman–Crippen MR) is 90.7 cm³/mol. The van der Waals surface area contributed by atoms with Crippen molar-refractivity contribution in [2.45, 2.75) is 51.2 Å². The van der Waals surface area contributed by atoms with Gasteiger partial charge in [0.25, 0.3) is 0 Å². The summed E-state index contributed by atoms with van der Waals surface area (Å²) in [4.78, 5) is 12.7. The summed E-state index contributed by atoms with van der Waals surface area (Å²) < 4.78 is 52.0. The lowest BCUT2D eigenvalue weighted by Crippen LogP contribution is -2.42. The van der Waals surface area contributed by atoms with Crippen LogP contribution in [-0.4, -0.2) is 11.9 Å². The van der Waals surface area contributed by atoms with Gasteiger partial charge in [-0.25, -0.2) is 4.39 Å². The van der Waals surface area contributed by atoms with Gasteiger partial charge in [-0.15, -0.1) is 0 Å². The fourth-order valence-corrected chi connectivity index (χ4v) is 4.89. The lowest BCUT2D eigenvalue weighted by molar-refractivity contribution is -0.140. The molecular weight excluding hydrogens is 348 g/mol. The van der Waals surface area contributed by atoms with Crippen LogP contribution in [0.25, 0.3) is 0 Å². The number of halogens is 4. The standard InChI is InChI=1S/C19H24F4N2O/c1-2-3-4-11-12-6-7-13(11)17(24)16(12)18(26)25-10-5-8-15(20)14(9-10)19(21,22)23/h5,8-9,11-13,16-17H,2-4,6-7,24H2,1H3,(H,25,26)/t11?,12-,13+,16-,17+/m0/s1. The number of carbonyl (C=O) groups excluding carboxylic acids is 1. The molecule has 3 rings (SSSR count). The van der Waals surface area contributed by atoms with Gasteiger partial charge in [0.15, 0.2) is 0 Å². The maximum atomic E-state index is 13.4. The molecule has 5 atom stereocenters. The largest absolute Gasteiger partial charge is 0.419 e. The first-order valence-corrected chi connectivity index (χ1v) is 9.17. The minimum atomic E-state index is -4.81. The number of carbonyl (C=O) groups is 1. The van der Waals surface area contributed by atoms with Crippen molar-refractivity contribution in [1.82, 2.24) is 0 Å². The van der Waals surface area contributed by atoms with E-state index >= 15 is 0 Å². The molecule has 3 N–H and O–H groups in total. The first-order chi connectivity index (χ1) is 12.2. The SMILES string of the molecule is CCCCC1[C@H]2CC[C@@H]1[C@H](C(=O)Nc1ccc(F)c(C(F)(F)F)c1)[C@@H]2N. The molecule has 26 heavy (non-hydrogen) atoms.